The third-order valence-electron chi connectivity index (χ3n) is 2.37. The number of benzene rings is 1. The van der Waals surface area contributed by atoms with Crippen molar-refractivity contribution in [2.45, 2.75) is 13.0 Å². The van der Waals surface area contributed by atoms with E-state index in [-0.39, 0.29) is 5.69 Å². The predicted octanol–water partition coefficient (Wildman–Crippen LogP) is 2.26. The number of aromatic nitrogens is 2. The lowest BCUT2D eigenvalue weighted by Gasteiger charge is -2.01. The number of nitrogens with zero attached hydrogens (tertiary/aromatic N) is 3. The molecule has 0 atom stereocenters. The monoisotopic (exact) mass is 237 g/mol. The van der Waals surface area contributed by atoms with E-state index in [1.807, 2.05) is 0 Å². The summed E-state index contributed by atoms with van der Waals surface area (Å²) in [7, 11) is 0. The van der Waals surface area contributed by atoms with Gasteiger partial charge in [-0.2, -0.15) is 17.7 Å². The maximum absolute atomic E-state index is 10.7. The first-order valence-electron chi connectivity index (χ1n) is 4.93. The molecule has 0 fully saturated rings. The van der Waals surface area contributed by atoms with Crippen LogP contribution in [0.5, 0.6) is 0 Å². The minimum atomic E-state index is -0.393. The molecule has 2 aromatic rings. The van der Waals surface area contributed by atoms with Gasteiger partial charge in [0.1, 0.15) is 0 Å². The van der Waals surface area contributed by atoms with E-state index >= 15 is 0 Å². The molecule has 0 spiro atoms. The quantitative estimate of drug-likeness (QED) is 0.504. The van der Waals surface area contributed by atoms with E-state index < -0.39 is 4.92 Å². The van der Waals surface area contributed by atoms with E-state index in [9.17, 15) is 10.1 Å². The van der Waals surface area contributed by atoms with Crippen molar-refractivity contribution in [1.82, 2.24) is 9.78 Å². The third kappa shape index (κ3) is 2.01. The van der Waals surface area contributed by atoms with Crippen molar-refractivity contribution in [2.24, 2.45) is 0 Å². The van der Waals surface area contributed by atoms with Gasteiger partial charge in [0, 0.05) is 24.1 Å². The predicted molar refractivity (Wildman–Crippen MR) is 64.9 cm³/mol. The fourth-order valence-corrected chi connectivity index (χ4v) is 1.71. The Morgan fingerprint density at radius 1 is 1.50 bits per heavy atom. The summed E-state index contributed by atoms with van der Waals surface area (Å²) in [5, 5.41) is 15.8. The van der Waals surface area contributed by atoms with Crippen LogP contribution in [0.15, 0.2) is 24.4 Å². The zero-order valence-corrected chi connectivity index (χ0v) is 9.43. The average Bonchev–Trinajstić information content (AvgIpc) is 2.68. The number of nitro groups is 1. The molecule has 0 amide bonds. The van der Waals surface area contributed by atoms with Gasteiger partial charge in [0.15, 0.2) is 0 Å². The van der Waals surface area contributed by atoms with Crippen molar-refractivity contribution < 1.29 is 4.92 Å². The van der Waals surface area contributed by atoms with E-state index in [0.29, 0.717) is 0 Å². The molecule has 0 N–H and O–H groups in total. The Balaban J connectivity index is 2.43. The molecule has 1 aromatic carbocycles. The normalized spacial score (nSPS) is 10.8. The molecule has 16 heavy (non-hydrogen) atoms. The molecular weight excluding hydrogens is 226 g/mol. The number of hydrogen-bond donors (Lipinski definition) is 1. The number of hydrogen-bond acceptors (Lipinski definition) is 4. The standard InChI is InChI=1S/C10H11N3O2S/c14-13(15)9-3-2-8-7-11-12(4-1-5-16)10(8)6-9/h2-3,6-7,16H,1,4-5H2. The van der Waals surface area contributed by atoms with Gasteiger partial charge in [-0.25, -0.2) is 0 Å². The van der Waals surface area contributed by atoms with Gasteiger partial charge >= 0.3 is 0 Å². The summed E-state index contributed by atoms with van der Waals surface area (Å²) < 4.78 is 1.78. The lowest BCUT2D eigenvalue weighted by Crippen LogP contribution is -2.00. The molecule has 5 nitrogen and oxygen atoms in total. The highest BCUT2D eigenvalue weighted by Crippen LogP contribution is 2.20. The van der Waals surface area contributed by atoms with Crippen LogP contribution < -0.4 is 0 Å². The van der Waals surface area contributed by atoms with Gasteiger partial charge in [-0.3, -0.25) is 14.8 Å². The minimum Gasteiger partial charge on any atom is -0.265 e. The van der Waals surface area contributed by atoms with Gasteiger partial charge in [0.2, 0.25) is 0 Å². The fourth-order valence-electron chi connectivity index (χ4n) is 1.57. The molecule has 6 heteroatoms. The summed E-state index contributed by atoms with van der Waals surface area (Å²) in [6.45, 7) is 0.730. The minimum absolute atomic E-state index is 0.0973. The van der Waals surface area contributed by atoms with Crippen LogP contribution in [0.3, 0.4) is 0 Å². The maximum atomic E-state index is 10.7. The van der Waals surface area contributed by atoms with Crippen LogP contribution in [0.25, 0.3) is 10.9 Å². The molecule has 0 saturated carbocycles. The number of thiol groups is 1. The second kappa shape index (κ2) is 4.52. The van der Waals surface area contributed by atoms with Gasteiger partial charge < -0.3 is 0 Å². The second-order valence-electron chi connectivity index (χ2n) is 3.45. The SMILES string of the molecule is O=[N+]([O-])c1ccc2cnn(CCCS)c2c1. The number of nitro benzene ring substituents is 1. The number of fused-ring (bicyclic) bond motifs is 1. The molecule has 0 aliphatic carbocycles. The smallest absolute Gasteiger partial charge is 0.265 e. The van der Waals surface area contributed by atoms with E-state index in [2.05, 4.69) is 17.7 Å². The van der Waals surface area contributed by atoms with Crippen LogP contribution in [-0.4, -0.2) is 20.5 Å². The highest BCUT2D eigenvalue weighted by molar-refractivity contribution is 7.80. The first-order valence-corrected chi connectivity index (χ1v) is 5.56. The highest BCUT2D eigenvalue weighted by Gasteiger charge is 2.09. The Bertz CT molecular complexity index is 524. The Morgan fingerprint density at radius 2 is 2.31 bits per heavy atom. The van der Waals surface area contributed by atoms with Gasteiger partial charge in [-0.15, -0.1) is 0 Å². The van der Waals surface area contributed by atoms with E-state index in [1.54, 1.807) is 23.0 Å². The van der Waals surface area contributed by atoms with Crippen molar-refractivity contribution in [2.75, 3.05) is 5.75 Å². The molecule has 0 saturated heterocycles. The molecule has 2 rings (SSSR count). The van der Waals surface area contributed by atoms with Crippen molar-refractivity contribution in [3.05, 3.63) is 34.5 Å². The summed E-state index contributed by atoms with van der Waals surface area (Å²) in [6, 6.07) is 4.77. The average molecular weight is 237 g/mol. The van der Waals surface area contributed by atoms with E-state index in [0.717, 1.165) is 29.6 Å². The van der Waals surface area contributed by atoms with Gasteiger partial charge in [0.05, 0.1) is 16.6 Å². The van der Waals surface area contributed by atoms with Crippen LogP contribution in [0, 0.1) is 10.1 Å². The van der Waals surface area contributed by atoms with Crippen LogP contribution in [0.2, 0.25) is 0 Å². The maximum Gasteiger partial charge on any atom is 0.271 e. The largest absolute Gasteiger partial charge is 0.271 e. The second-order valence-corrected chi connectivity index (χ2v) is 3.89. The van der Waals surface area contributed by atoms with Crippen LogP contribution in [0.4, 0.5) is 5.69 Å². The Kier molecular flexibility index (Phi) is 3.09. The zero-order chi connectivity index (χ0) is 11.5. The highest BCUT2D eigenvalue weighted by atomic mass is 32.1. The third-order valence-corrected chi connectivity index (χ3v) is 2.68. The summed E-state index contributed by atoms with van der Waals surface area (Å²) in [6.07, 6.45) is 2.61. The van der Waals surface area contributed by atoms with E-state index in [4.69, 9.17) is 0 Å². The first-order chi connectivity index (χ1) is 7.72. The summed E-state index contributed by atoms with van der Waals surface area (Å²) in [5.41, 5.74) is 0.899. The molecular formula is C10H11N3O2S. The number of non-ortho nitro benzene ring substituents is 1. The summed E-state index contributed by atoms with van der Waals surface area (Å²) in [5.74, 6) is 0.774. The first kappa shape index (κ1) is 10.9. The van der Waals surface area contributed by atoms with Gasteiger partial charge in [-0.05, 0) is 18.2 Å². The fraction of sp³-hybridized carbons (Fsp3) is 0.300. The van der Waals surface area contributed by atoms with Crippen molar-refractivity contribution >= 4 is 29.2 Å². The summed E-state index contributed by atoms with van der Waals surface area (Å²) in [4.78, 5) is 10.3. The zero-order valence-electron chi connectivity index (χ0n) is 8.54. The van der Waals surface area contributed by atoms with Crippen LogP contribution in [0.1, 0.15) is 6.42 Å². The topological polar surface area (TPSA) is 61.0 Å². The molecule has 0 aliphatic rings. The van der Waals surface area contributed by atoms with Gasteiger partial charge in [-0.1, -0.05) is 0 Å². The van der Waals surface area contributed by atoms with E-state index in [1.165, 1.54) is 6.07 Å². The van der Waals surface area contributed by atoms with Crippen LogP contribution in [-0.2, 0) is 6.54 Å². The van der Waals surface area contributed by atoms with Crippen molar-refractivity contribution in [3.8, 4) is 0 Å². The Hall–Kier alpha value is -1.56. The lowest BCUT2D eigenvalue weighted by atomic mass is 10.2. The molecule has 84 valence electrons. The molecule has 1 aromatic heterocycles. The molecule has 0 radical (unpaired) electrons. The Labute approximate surface area is 97.6 Å². The molecule has 0 aliphatic heterocycles. The summed E-state index contributed by atoms with van der Waals surface area (Å²) >= 11 is 4.13. The lowest BCUT2D eigenvalue weighted by molar-refractivity contribution is -0.384. The molecule has 1 heterocycles. The number of rotatable bonds is 4. The number of aryl methyl sites for hydroxylation is 1. The van der Waals surface area contributed by atoms with Crippen molar-refractivity contribution in [1.29, 1.82) is 0 Å². The van der Waals surface area contributed by atoms with Crippen LogP contribution >= 0.6 is 12.6 Å². The van der Waals surface area contributed by atoms with Gasteiger partial charge in [0.25, 0.3) is 5.69 Å². The molecule has 0 bridgehead atoms. The van der Waals surface area contributed by atoms with Crippen molar-refractivity contribution in [3.63, 3.8) is 0 Å². The Morgan fingerprint density at radius 3 is 3.00 bits per heavy atom. The molecule has 0 unspecified atom stereocenters.